The first-order valence-electron chi connectivity index (χ1n) is 7.99. The van der Waals surface area contributed by atoms with Crippen LogP contribution in [0.2, 0.25) is 5.02 Å². The summed E-state index contributed by atoms with van der Waals surface area (Å²) in [7, 11) is 0. The van der Waals surface area contributed by atoms with Crippen LogP contribution in [0.5, 0.6) is 0 Å². The molecule has 3 aromatic rings. The van der Waals surface area contributed by atoms with Crippen molar-refractivity contribution in [2.75, 3.05) is 11.9 Å². The van der Waals surface area contributed by atoms with Gasteiger partial charge in [0.25, 0.3) is 5.91 Å². The fourth-order valence-corrected chi connectivity index (χ4v) is 3.78. The van der Waals surface area contributed by atoms with Gasteiger partial charge < -0.3 is 4.74 Å². The summed E-state index contributed by atoms with van der Waals surface area (Å²) >= 11 is 10.5. The molecule has 0 aliphatic rings. The van der Waals surface area contributed by atoms with Crippen LogP contribution in [0, 0.1) is 0 Å². The van der Waals surface area contributed by atoms with Gasteiger partial charge in [-0.05, 0) is 25.1 Å². The summed E-state index contributed by atoms with van der Waals surface area (Å²) in [5, 5.41) is 3.32. The zero-order chi connectivity index (χ0) is 19.4. The van der Waals surface area contributed by atoms with Gasteiger partial charge in [-0.2, -0.15) is 0 Å². The van der Waals surface area contributed by atoms with E-state index in [0.29, 0.717) is 21.2 Å². The van der Waals surface area contributed by atoms with Crippen molar-refractivity contribution < 1.29 is 14.3 Å². The zero-order valence-electron chi connectivity index (χ0n) is 14.2. The van der Waals surface area contributed by atoms with E-state index in [1.165, 1.54) is 0 Å². The number of amides is 1. The molecule has 27 heavy (non-hydrogen) atoms. The van der Waals surface area contributed by atoms with Gasteiger partial charge in [0.1, 0.15) is 4.88 Å². The SMILES string of the molecule is CCOC(=O)c1sc(NC(=O)c2cc(Br)ccc2Cl)nc1-c1ccccc1. The summed E-state index contributed by atoms with van der Waals surface area (Å²) in [5.41, 5.74) is 1.53. The highest BCUT2D eigenvalue weighted by Gasteiger charge is 2.22. The van der Waals surface area contributed by atoms with Gasteiger partial charge in [-0.3, -0.25) is 10.1 Å². The van der Waals surface area contributed by atoms with E-state index in [0.717, 1.165) is 21.4 Å². The van der Waals surface area contributed by atoms with Gasteiger partial charge in [0.2, 0.25) is 0 Å². The maximum atomic E-state index is 12.6. The first kappa shape index (κ1) is 19.5. The summed E-state index contributed by atoms with van der Waals surface area (Å²) < 4.78 is 5.85. The first-order valence-corrected chi connectivity index (χ1v) is 9.98. The van der Waals surface area contributed by atoms with Gasteiger partial charge in [0, 0.05) is 10.0 Å². The van der Waals surface area contributed by atoms with Crippen LogP contribution in [0.4, 0.5) is 5.13 Å². The predicted octanol–water partition coefficient (Wildman–Crippen LogP) is 5.66. The third-order valence-electron chi connectivity index (χ3n) is 3.53. The molecule has 5 nitrogen and oxygen atoms in total. The number of halogens is 2. The van der Waals surface area contributed by atoms with Gasteiger partial charge in [-0.25, -0.2) is 9.78 Å². The van der Waals surface area contributed by atoms with Crippen molar-refractivity contribution in [2.45, 2.75) is 6.92 Å². The molecule has 0 aliphatic heterocycles. The fourth-order valence-electron chi connectivity index (χ4n) is 2.34. The number of thiazole rings is 1. The van der Waals surface area contributed by atoms with Gasteiger partial charge in [-0.1, -0.05) is 69.2 Å². The summed E-state index contributed by atoms with van der Waals surface area (Å²) in [6, 6.07) is 14.2. The van der Waals surface area contributed by atoms with Gasteiger partial charge in [0.15, 0.2) is 5.13 Å². The number of hydrogen-bond acceptors (Lipinski definition) is 5. The van der Waals surface area contributed by atoms with Crippen molar-refractivity contribution in [1.29, 1.82) is 0 Å². The van der Waals surface area contributed by atoms with Crippen LogP contribution in [0.1, 0.15) is 27.0 Å². The van der Waals surface area contributed by atoms with E-state index in [4.69, 9.17) is 16.3 Å². The Morgan fingerprint density at radius 1 is 1.22 bits per heavy atom. The number of hydrogen-bond donors (Lipinski definition) is 1. The molecule has 1 aromatic heterocycles. The molecule has 1 amide bonds. The average Bonchev–Trinajstić information content (AvgIpc) is 3.08. The Morgan fingerprint density at radius 3 is 2.67 bits per heavy atom. The van der Waals surface area contributed by atoms with E-state index < -0.39 is 11.9 Å². The average molecular weight is 466 g/mol. The monoisotopic (exact) mass is 464 g/mol. The Kier molecular flexibility index (Phi) is 6.26. The number of carbonyl (C=O) groups is 2. The van der Waals surface area contributed by atoms with Crippen molar-refractivity contribution in [2.24, 2.45) is 0 Å². The molecule has 3 rings (SSSR count). The maximum Gasteiger partial charge on any atom is 0.350 e. The van der Waals surface area contributed by atoms with E-state index in [9.17, 15) is 9.59 Å². The van der Waals surface area contributed by atoms with Crippen molar-refractivity contribution in [3.8, 4) is 11.3 Å². The standard InChI is InChI=1S/C19H14BrClN2O3S/c1-2-26-18(25)16-15(11-6-4-3-5-7-11)22-19(27-16)23-17(24)13-10-12(20)8-9-14(13)21/h3-10H,2H2,1H3,(H,22,23,24). The van der Waals surface area contributed by atoms with Gasteiger partial charge in [-0.15, -0.1) is 0 Å². The minimum absolute atomic E-state index is 0.250. The molecule has 0 atom stereocenters. The molecule has 0 bridgehead atoms. The van der Waals surface area contributed by atoms with Crippen molar-refractivity contribution in [3.05, 3.63) is 68.5 Å². The van der Waals surface area contributed by atoms with Gasteiger partial charge in [0.05, 0.1) is 22.9 Å². The lowest BCUT2D eigenvalue weighted by Gasteiger charge is -2.04. The molecular formula is C19H14BrClN2O3S. The van der Waals surface area contributed by atoms with Crippen LogP contribution in [0.15, 0.2) is 53.0 Å². The van der Waals surface area contributed by atoms with Crippen molar-refractivity contribution in [1.82, 2.24) is 4.98 Å². The molecule has 0 saturated heterocycles. The molecule has 2 aromatic carbocycles. The summed E-state index contributed by atoms with van der Waals surface area (Å²) in [6.07, 6.45) is 0. The number of nitrogens with zero attached hydrogens (tertiary/aromatic N) is 1. The molecule has 0 saturated carbocycles. The molecule has 1 heterocycles. The molecule has 1 N–H and O–H groups in total. The second-order valence-corrected chi connectivity index (χ2v) is 7.68. The highest BCUT2D eigenvalue weighted by atomic mass is 79.9. The lowest BCUT2D eigenvalue weighted by Crippen LogP contribution is -2.12. The Labute approximate surface area is 173 Å². The Balaban J connectivity index is 1.95. The normalized spacial score (nSPS) is 10.5. The largest absolute Gasteiger partial charge is 0.462 e. The highest BCUT2D eigenvalue weighted by Crippen LogP contribution is 2.32. The third kappa shape index (κ3) is 4.55. The molecule has 8 heteroatoms. The smallest absolute Gasteiger partial charge is 0.350 e. The first-order chi connectivity index (χ1) is 13.0. The fraction of sp³-hybridized carbons (Fsp3) is 0.105. The minimum Gasteiger partial charge on any atom is -0.462 e. The predicted molar refractivity (Wildman–Crippen MR) is 111 cm³/mol. The second-order valence-electron chi connectivity index (χ2n) is 5.36. The summed E-state index contributed by atoms with van der Waals surface area (Å²) in [6.45, 7) is 1.99. The molecule has 0 fully saturated rings. The number of ether oxygens (including phenoxy) is 1. The number of carbonyl (C=O) groups excluding carboxylic acids is 2. The highest BCUT2D eigenvalue weighted by molar-refractivity contribution is 9.10. The van der Waals surface area contributed by atoms with Crippen molar-refractivity contribution >= 4 is 55.9 Å². The van der Waals surface area contributed by atoms with E-state index >= 15 is 0 Å². The van der Waals surface area contributed by atoms with Crippen LogP contribution in [0.3, 0.4) is 0 Å². The van der Waals surface area contributed by atoms with Gasteiger partial charge >= 0.3 is 5.97 Å². The topological polar surface area (TPSA) is 68.3 Å². The Hall–Kier alpha value is -2.22. The third-order valence-corrected chi connectivity index (χ3v) is 5.30. The molecule has 0 radical (unpaired) electrons. The second kappa shape index (κ2) is 8.65. The van der Waals surface area contributed by atoms with Crippen LogP contribution < -0.4 is 5.32 Å². The number of benzene rings is 2. The van der Waals surface area contributed by atoms with E-state index in [2.05, 4.69) is 26.2 Å². The lowest BCUT2D eigenvalue weighted by molar-refractivity contribution is 0.0532. The summed E-state index contributed by atoms with van der Waals surface area (Å²) in [4.78, 5) is 29.7. The van der Waals surface area contributed by atoms with Crippen LogP contribution in [0.25, 0.3) is 11.3 Å². The molecular weight excluding hydrogens is 452 g/mol. The Morgan fingerprint density at radius 2 is 1.96 bits per heavy atom. The van der Waals surface area contributed by atoms with Crippen molar-refractivity contribution in [3.63, 3.8) is 0 Å². The minimum atomic E-state index is -0.477. The number of rotatable bonds is 5. The maximum absolute atomic E-state index is 12.6. The number of esters is 1. The van der Waals surface area contributed by atoms with E-state index in [-0.39, 0.29) is 11.7 Å². The summed E-state index contributed by atoms with van der Waals surface area (Å²) in [5.74, 6) is -0.889. The molecule has 0 aliphatic carbocycles. The Bertz CT molecular complexity index is 992. The van der Waals surface area contributed by atoms with E-state index in [1.807, 2.05) is 30.3 Å². The lowest BCUT2D eigenvalue weighted by atomic mass is 10.1. The molecule has 138 valence electrons. The van der Waals surface area contributed by atoms with Crippen LogP contribution >= 0.6 is 38.9 Å². The quantitative estimate of drug-likeness (QED) is 0.494. The van der Waals surface area contributed by atoms with Crippen LogP contribution in [-0.2, 0) is 4.74 Å². The zero-order valence-corrected chi connectivity index (χ0v) is 17.3. The van der Waals surface area contributed by atoms with Crippen LogP contribution in [-0.4, -0.2) is 23.5 Å². The number of nitrogens with one attached hydrogen (secondary N) is 1. The number of anilines is 1. The molecule has 0 spiro atoms. The number of aromatic nitrogens is 1. The van der Waals surface area contributed by atoms with E-state index in [1.54, 1.807) is 25.1 Å². The molecule has 0 unspecified atom stereocenters.